The van der Waals surface area contributed by atoms with E-state index in [0.717, 1.165) is 0 Å². The topological polar surface area (TPSA) is 17.1 Å². The third kappa shape index (κ3) is 17.2. The van der Waals surface area contributed by atoms with E-state index in [2.05, 4.69) is 6.92 Å². The molecule has 0 rings (SSSR count). The fraction of sp³-hybridized carbons (Fsp3) is 0. The fourth-order valence-electron chi connectivity index (χ4n) is 0. The van der Waals surface area contributed by atoms with Crippen LogP contribution in [0.4, 0.5) is 0 Å². The third-order valence-electron chi connectivity index (χ3n) is 0. The Labute approximate surface area is 50.6 Å². The maximum Gasteiger partial charge on any atom is 0 e. The summed E-state index contributed by atoms with van der Waals surface area (Å²) >= 11 is 0. The van der Waals surface area contributed by atoms with E-state index in [1.165, 1.54) is 0 Å². The smallest absolute Gasteiger partial charge is 0 e. The minimum absolute atomic E-state index is 0. The van der Waals surface area contributed by atoms with Crippen LogP contribution < -0.4 is 0 Å². The number of hydrogen-bond acceptors (Lipinski definition) is 1. The van der Waals surface area contributed by atoms with E-state index in [-0.39, 0.29) is 32.7 Å². The van der Waals surface area contributed by atoms with Gasteiger partial charge in [0.15, 0.2) is 0 Å². The molecule has 0 fully saturated rings. The van der Waals surface area contributed by atoms with Crippen molar-refractivity contribution in [1.29, 1.82) is 0 Å². The van der Waals surface area contributed by atoms with Crippen molar-refractivity contribution in [3.63, 3.8) is 0 Å². The van der Waals surface area contributed by atoms with E-state index < -0.39 is 0 Å². The Kier molecular flexibility index (Phi) is 20.8. The zero-order chi connectivity index (χ0) is 2.71. The summed E-state index contributed by atoms with van der Waals surface area (Å²) in [5.74, 6) is 0. The number of aldehydes is 1. The number of carbonyl (C=O) groups is 1. The average molecular weight is 132 g/mol. The van der Waals surface area contributed by atoms with Crippen molar-refractivity contribution in [2.75, 3.05) is 0 Å². The van der Waals surface area contributed by atoms with Gasteiger partial charge in [-0.05, 0) is 6.29 Å². The summed E-state index contributed by atoms with van der Waals surface area (Å²) in [6.07, 6.45) is 0.500. The summed E-state index contributed by atoms with van der Waals surface area (Å²) in [4.78, 5) is 8.69. The van der Waals surface area contributed by atoms with E-state index in [1.807, 2.05) is 0 Å². The second-order valence-corrected chi connectivity index (χ2v) is 0.167. The van der Waals surface area contributed by atoms with Gasteiger partial charge in [-0.1, -0.05) is 0 Å². The monoisotopic (exact) mass is 132 g/mol. The van der Waals surface area contributed by atoms with Crippen molar-refractivity contribution >= 4 is 6.29 Å². The zero-order valence-electron chi connectivity index (χ0n) is 2.27. The van der Waals surface area contributed by atoms with Crippen molar-refractivity contribution in [3.8, 4) is 0 Å². The first-order chi connectivity index (χ1) is 1.41. The van der Waals surface area contributed by atoms with Gasteiger partial charge in [0, 0.05) is 32.7 Å². The first kappa shape index (κ1) is 8.82. The molecule has 0 unspecified atom stereocenters. The SMILES string of the molecule is [CH2-]C=O.[Y]. The van der Waals surface area contributed by atoms with Crippen molar-refractivity contribution < 1.29 is 37.5 Å². The van der Waals surface area contributed by atoms with Gasteiger partial charge < -0.3 is 11.7 Å². The zero-order valence-corrected chi connectivity index (χ0v) is 5.11. The van der Waals surface area contributed by atoms with Crippen molar-refractivity contribution in [1.82, 2.24) is 0 Å². The molecule has 2 heteroatoms. The van der Waals surface area contributed by atoms with Crippen LogP contribution in [0.25, 0.3) is 0 Å². The van der Waals surface area contributed by atoms with Crippen LogP contribution in [0.2, 0.25) is 0 Å². The molecule has 0 atom stereocenters. The molecule has 0 N–H and O–H groups in total. The number of carbonyl (C=O) groups excluding carboxylic acids is 1. The van der Waals surface area contributed by atoms with Crippen LogP contribution in [-0.2, 0) is 37.5 Å². The first-order valence-corrected chi connectivity index (χ1v) is 0.644. The Bertz CT molecular complexity index is 13.5. The summed E-state index contributed by atoms with van der Waals surface area (Å²) in [6, 6.07) is 0. The van der Waals surface area contributed by atoms with Crippen molar-refractivity contribution in [2.45, 2.75) is 0 Å². The summed E-state index contributed by atoms with van der Waals surface area (Å²) in [6.45, 7) is 2.81. The van der Waals surface area contributed by atoms with Crippen LogP contribution in [-0.4, -0.2) is 6.29 Å². The van der Waals surface area contributed by atoms with Crippen LogP contribution in [0, 0.1) is 6.92 Å². The molecule has 0 aliphatic rings. The molecule has 0 saturated heterocycles. The van der Waals surface area contributed by atoms with E-state index in [0.29, 0.717) is 6.29 Å². The van der Waals surface area contributed by atoms with E-state index in [1.54, 1.807) is 0 Å². The van der Waals surface area contributed by atoms with Crippen LogP contribution in [0.5, 0.6) is 0 Å². The second-order valence-electron chi connectivity index (χ2n) is 0.167. The molecule has 1 nitrogen and oxygen atoms in total. The minimum atomic E-state index is 0. The largest absolute Gasteiger partial charge is 0.343 e. The third-order valence-corrected chi connectivity index (χ3v) is 0. The molecular formula is C2H3OY-. The summed E-state index contributed by atoms with van der Waals surface area (Å²) < 4.78 is 0. The number of rotatable bonds is 0. The first-order valence-electron chi connectivity index (χ1n) is 0.644. The molecule has 0 heterocycles. The van der Waals surface area contributed by atoms with Gasteiger partial charge in [-0.25, -0.2) is 0 Å². The van der Waals surface area contributed by atoms with Crippen LogP contribution in [0.1, 0.15) is 0 Å². The maximum atomic E-state index is 8.69. The standard InChI is InChI=1S/C2H3O.Y/c1-2-3;/h2H,1H2;/q-1;. The Balaban J connectivity index is 0. The molecule has 0 amide bonds. The molecule has 21 valence electrons. The van der Waals surface area contributed by atoms with Crippen molar-refractivity contribution in [3.05, 3.63) is 6.92 Å². The second kappa shape index (κ2) is 9.43. The summed E-state index contributed by atoms with van der Waals surface area (Å²) in [7, 11) is 0. The van der Waals surface area contributed by atoms with Gasteiger partial charge in [-0.3, -0.25) is 0 Å². The van der Waals surface area contributed by atoms with Crippen molar-refractivity contribution in [2.24, 2.45) is 0 Å². The molecule has 0 aliphatic heterocycles. The minimum Gasteiger partial charge on any atom is -0.343 e. The average Bonchev–Trinajstić information content (AvgIpc) is 0.918. The Morgan fingerprint density at radius 1 is 1.75 bits per heavy atom. The molecule has 0 saturated carbocycles. The Morgan fingerprint density at radius 2 is 1.75 bits per heavy atom. The normalized spacial score (nSPS) is 3.00. The van der Waals surface area contributed by atoms with Gasteiger partial charge in [-0.15, -0.1) is 0 Å². The van der Waals surface area contributed by atoms with Crippen LogP contribution in [0.3, 0.4) is 0 Å². The summed E-state index contributed by atoms with van der Waals surface area (Å²) in [5, 5.41) is 0. The van der Waals surface area contributed by atoms with Gasteiger partial charge in [-0.2, -0.15) is 0 Å². The van der Waals surface area contributed by atoms with Gasteiger partial charge >= 0.3 is 0 Å². The van der Waals surface area contributed by atoms with Crippen LogP contribution in [0.15, 0.2) is 0 Å². The van der Waals surface area contributed by atoms with E-state index in [4.69, 9.17) is 4.79 Å². The predicted molar refractivity (Wildman–Crippen MR) is 11.4 cm³/mol. The number of hydrogen-bond donors (Lipinski definition) is 0. The molecule has 4 heavy (non-hydrogen) atoms. The van der Waals surface area contributed by atoms with Crippen LogP contribution >= 0.6 is 0 Å². The molecule has 0 aromatic carbocycles. The Hall–Kier alpha value is 0.644. The van der Waals surface area contributed by atoms with Gasteiger partial charge in [0.2, 0.25) is 0 Å². The predicted octanol–water partition coefficient (Wildman–Crippen LogP) is 0.0169. The van der Waals surface area contributed by atoms with Gasteiger partial charge in [0.05, 0.1) is 0 Å². The Morgan fingerprint density at radius 3 is 1.75 bits per heavy atom. The van der Waals surface area contributed by atoms with Gasteiger partial charge in [0.25, 0.3) is 0 Å². The molecule has 0 aliphatic carbocycles. The maximum absolute atomic E-state index is 8.69. The summed E-state index contributed by atoms with van der Waals surface area (Å²) in [5.41, 5.74) is 0. The molecule has 0 spiro atoms. The molecule has 0 aromatic heterocycles. The molecule has 0 aromatic rings. The van der Waals surface area contributed by atoms with Gasteiger partial charge in [0.1, 0.15) is 0 Å². The fourth-order valence-corrected chi connectivity index (χ4v) is 0. The quantitative estimate of drug-likeness (QED) is 0.335. The van der Waals surface area contributed by atoms with E-state index in [9.17, 15) is 0 Å². The molecule has 0 bridgehead atoms. The van der Waals surface area contributed by atoms with E-state index >= 15 is 0 Å². The molecule has 1 radical (unpaired) electrons. The molecular weight excluding hydrogens is 129 g/mol.